The van der Waals surface area contributed by atoms with Crippen LogP contribution in [-0.4, -0.2) is 31.3 Å². The molecule has 0 aliphatic carbocycles. The molecule has 0 atom stereocenters. The molecule has 130 valence electrons. The van der Waals surface area contributed by atoms with Gasteiger partial charge >= 0.3 is 0 Å². The molecular weight excluding hydrogens is 373 g/mol. The first-order valence-corrected chi connectivity index (χ1v) is 9.69. The Kier molecular flexibility index (Phi) is 5.17. The highest BCUT2D eigenvalue weighted by Gasteiger charge is 2.20. The molecule has 1 aliphatic rings. The van der Waals surface area contributed by atoms with Crippen LogP contribution in [0.25, 0.3) is 0 Å². The molecule has 1 aromatic carbocycles. The minimum atomic E-state index is -3.71. The van der Waals surface area contributed by atoms with Gasteiger partial charge in [-0.3, -0.25) is 4.68 Å². The van der Waals surface area contributed by atoms with Crippen LogP contribution in [0.15, 0.2) is 23.2 Å². The Morgan fingerprint density at radius 2 is 2.12 bits per heavy atom. The van der Waals surface area contributed by atoms with E-state index in [-0.39, 0.29) is 16.5 Å². The summed E-state index contributed by atoms with van der Waals surface area (Å²) in [5.41, 5.74) is 2.81. The average molecular weight is 390 g/mol. The molecule has 3 rings (SSSR count). The van der Waals surface area contributed by atoms with Crippen LogP contribution in [-0.2, 0) is 34.3 Å². The van der Waals surface area contributed by atoms with Gasteiger partial charge in [-0.15, -0.1) is 0 Å². The first-order valence-electron chi connectivity index (χ1n) is 7.45. The molecule has 0 unspecified atom stereocenters. The molecule has 0 saturated heterocycles. The summed E-state index contributed by atoms with van der Waals surface area (Å²) in [5.74, 6) is 0. The van der Waals surface area contributed by atoms with Crippen molar-refractivity contribution in [2.75, 3.05) is 13.2 Å². The number of halogens is 2. The summed E-state index contributed by atoms with van der Waals surface area (Å²) in [4.78, 5) is 0.0296. The maximum atomic E-state index is 12.4. The molecule has 0 spiro atoms. The summed E-state index contributed by atoms with van der Waals surface area (Å²) >= 11 is 12.0. The normalized spacial score (nSPS) is 14.6. The molecule has 0 amide bonds. The van der Waals surface area contributed by atoms with Gasteiger partial charge in [-0.25, -0.2) is 13.1 Å². The van der Waals surface area contributed by atoms with E-state index in [1.165, 1.54) is 12.1 Å². The van der Waals surface area contributed by atoms with Crippen molar-refractivity contribution in [1.82, 2.24) is 14.5 Å². The highest BCUT2D eigenvalue weighted by Crippen LogP contribution is 2.28. The molecule has 24 heavy (non-hydrogen) atoms. The highest BCUT2D eigenvalue weighted by molar-refractivity contribution is 7.89. The van der Waals surface area contributed by atoms with E-state index in [1.54, 1.807) is 13.1 Å². The highest BCUT2D eigenvalue weighted by atomic mass is 35.5. The standard InChI is InChI=1S/C15H17Cl2N3O3S/c1-10-6-15(13(17)7-12(10)16)24(21,22)19-3-4-20-14-2-5-23-9-11(14)8-18-20/h6-8,19H,2-5,9H2,1H3. The molecule has 2 heterocycles. The second-order valence-electron chi connectivity index (χ2n) is 5.57. The fraction of sp³-hybridized carbons (Fsp3) is 0.400. The predicted molar refractivity (Wildman–Crippen MR) is 92.0 cm³/mol. The molecule has 2 aromatic rings. The van der Waals surface area contributed by atoms with Crippen molar-refractivity contribution in [3.8, 4) is 0 Å². The summed E-state index contributed by atoms with van der Waals surface area (Å²) in [7, 11) is -3.71. The maximum absolute atomic E-state index is 12.4. The number of sulfonamides is 1. The topological polar surface area (TPSA) is 73.2 Å². The SMILES string of the molecule is Cc1cc(S(=O)(=O)NCCn2ncc3c2CCOC3)c(Cl)cc1Cl. The third-order valence-electron chi connectivity index (χ3n) is 3.89. The summed E-state index contributed by atoms with van der Waals surface area (Å²) in [6.45, 7) is 3.61. The van der Waals surface area contributed by atoms with Gasteiger partial charge in [0.15, 0.2) is 0 Å². The van der Waals surface area contributed by atoms with Gasteiger partial charge in [0.1, 0.15) is 4.90 Å². The quantitative estimate of drug-likeness (QED) is 0.852. The molecule has 0 saturated carbocycles. The Morgan fingerprint density at radius 3 is 2.92 bits per heavy atom. The van der Waals surface area contributed by atoms with E-state index >= 15 is 0 Å². The van der Waals surface area contributed by atoms with Crippen molar-refractivity contribution in [3.63, 3.8) is 0 Å². The summed E-state index contributed by atoms with van der Waals surface area (Å²) in [5, 5.41) is 4.83. The molecule has 0 fully saturated rings. The lowest BCUT2D eigenvalue weighted by atomic mass is 10.2. The molecule has 0 bridgehead atoms. The Bertz CT molecular complexity index is 865. The van der Waals surface area contributed by atoms with Crippen LogP contribution >= 0.6 is 23.2 Å². The lowest BCUT2D eigenvalue weighted by molar-refractivity contribution is 0.109. The van der Waals surface area contributed by atoms with Crippen molar-refractivity contribution < 1.29 is 13.2 Å². The van der Waals surface area contributed by atoms with E-state index in [4.69, 9.17) is 27.9 Å². The Morgan fingerprint density at radius 1 is 1.33 bits per heavy atom. The molecule has 0 radical (unpaired) electrons. The van der Waals surface area contributed by atoms with Gasteiger partial charge in [0.05, 0.1) is 31.0 Å². The number of aromatic nitrogens is 2. The lowest BCUT2D eigenvalue weighted by Crippen LogP contribution is -2.29. The number of fused-ring (bicyclic) bond motifs is 1. The van der Waals surface area contributed by atoms with Gasteiger partial charge in [0, 0.05) is 29.2 Å². The molecular formula is C15H17Cl2N3O3S. The molecule has 6 nitrogen and oxygen atoms in total. The van der Waals surface area contributed by atoms with Crippen molar-refractivity contribution in [3.05, 3.63) is 45.2 Å². The van der Waals surface area contributed by atoms with E-state index in [1.807, 2.05) is 4.68 Å². The van der Waals surface area contributed by atoms with Gasteiger partial charge in [0.25, 0.3) is 0 Å². The summed E-state index contributed by atoms with van der Waals surface area (Å²) in [6, 6.07) is 2.91. The van der Waals surface area contributed by atoms with Crippen LogP contribution in [0.1, 0.15) is 16.8 Å². The zero-order chi connectivity index (χ0) is 17.3. The van der Waals surface area contributed by atoms with E-state index < -0.39 is 10.0 Å². The maximum Gasteiger partial charge on any atom is 0.242 e. The van der Waals surface area contributed by atoms with E-state index in [0.29, 0.717) is 30.3 Å². The molecule has 1 N–H and O–H groups in total. The van der Waals surface area contributed by atoms with Crippen molar-refractivity contribution in [2.24, 2.45) is 0 Å². The third kappa shape index (κ3) is 3.60. The zero-order valence-corrected chi connectivity index (χ0v) is 15.4. The fourth-order valence-electron chi connectivity index (χ4n) is 2.60. The van der Waals surface area contributed by atoms with Crippen LogP contribution in [0.5, 0.6) is 0 Å². The predicted octanol–water partition coefficient (Wildman–Crippen LogP) is 2.55. The third-order valence-corrected chi connectivity index (χ3v) is 6.23. The molecule has 1 aromatic heterocycles. The largest absolute Gasteiger partial charge is 0.376 e. The number of nitrogens with one attached hydrogen (secondary N) is 1. The second-order valence-corrected chi connectivity index (χ2v) is 8.12. The lowest BCUT2D eigenvalue weighted by Gasteiger charge is -2.15. The fourth-order valence-corrected chi connectivity index (χ4v) is 4.45. The van der Waals surface area contributed by atoms with Crippen molar-refractivity contribution in [2.45, 2.75) is 31.4 Å². The number of hydrogen-bond donors (Lipinski definition) is 1. The van der Waals surface area contributed by atoms with Crippen LogP contribution in [0.4, 0.5) is 0 Å². The number of hydrogen-bond acceptors (Lipinski definition) is 4. The first-order chi connectivity index (χ1) is 11.4. The number of rotatable bonds is 5. The van der Waals surface area contributed by atoms with Gasteiger partial charge in [0.2, 0.25) is 10.0 Å². The smallest absolute Gasteiger partial charge is 0.242 e. The number of nitrogens with zero attached hydrogens (tertiary/aromatic N) is 2. The van der Waals surface area contributed by atoms with Gasteiger partial charge in [-0.05, 0) is 24.6 Å². The van der Waals surface area contributed by atoms with Crippen LogP contribution in [0, 0.1) is 6.92 Å². The number of aryl methyl sites for hydroxylation is 1. The van der Waals surface area contributed by atoms with Crippen molar-refractivity contribution >= 4 is 33.2 Å². The van der Waals surface area contributed by atoms with Crippen LogP contribution < -0.4 is 4.72 Å². The number of benzene rings is 1. The summed E-state index contributed by atoms with van der Waals surface area (Å²) in [6.07, 6.45) is 2.55. The number of ether oxygens (including phenoxy) is 1. The Labute approximate surface area is 150 Å². The molecule has 1 aliphatic heterocycles. The molecule has 9 heteroatoms. The van der Waals surface area contributed by atoms with Gasteiger partial charge in [-0.1, -0.05) is 23.2 Å². The van der Waals surface area contributed by atoms with E-state index in [9.17, 15) is 8.42 Å². The average Bonchev–Trinajstić information content (AvgIpc) is 2.94. The minimum Gasteiger partial charge on any atom is -0.376 e. The Hall–Kier alpha value is -1.12. The van der Waals surface area contributed by atoms with Crippen LogP contribution in [0.3, 0.4) is 0 Å². The second kappa shape index (κ2) is 7.01. The van der Waals surface area contributed by atoms with Gasteiger partial charge < -0.3 is 4.74 Å². The van der Waals surface area contributed by atoms with Crippen molar-refractivity contribution in [1.29, 1.82) is 0 Å². The summed E-state index contributed by atoms with van der Waals surface area (Å²) < 4.78 is 34.6. The van der Waals surface area contributed by atoms with E-state index in [0.717, 1.165) is 17.7 Å². The first kappa shape index (κ1) is 17.7. The van der Waals surface area contributed by atoms with Crippen LogP contribution in [0.2, 0.25) is 10.0 Å². The minimum absolute atomic E-state index is 0.0296. The zero-order valence-electron chi connectivity index (χ0n) is 13.1. The van der Waals surface area contributed by atoms with E-state index in [2.05, 4.69) is 9.82 Å². The van der Waals surface area contributed by atoms with Gasteiger partial charge in [-0.2, -0.15) is 5.10 Å². The Balaban J connectivity index is 1.70. The monoisotopic (exact) mass is 389 g/mol.